The number of carbonyl (C=O) groups is 2. The van der Waals surface area contributed by atoms with Gasteiger partial charge in [0.2, 0.25) is 10.0 Å². The van der Waals surface area contributed by atoms with E-state index in [-0.39, 0.29) is 24.0 Å². The van der Waals surface area contributed by atoms with Crippen LogP contribution in [0.25, 0.3) is 0 Å². The molecular weight excluding hydrogens is 356 g/mol. The van der Waals surface area contributed by atoms with Crippen molar-refractivity contribution in [2.45, 2.75) is 43.5 Å². The number of hydrogen-bond donors (Lipinski definition) is 1. The predicted octanol–water partition coefficient (Wildman–Crippen LogP) is 1.68. The highest BCUT2D eigenvalue weighted by atomic mass is 32.2. The van der Waals surface area contributed by atoms with Crippen LogP contribution in [0, 0.1) is 5.92 Å². The van der Waals surface area contributed by atoms with Crippen molar-refractivity contribution < 1.29 is 22.7 Å². The second-order valence-corrected chi connectivity index (χ2v) is 8.81. The third-order valence-corrected chi connectivity index (χ3v) is 6.42. The van der Waals surface area contributed by atoms with Crippen LogP contribution >= 0.6 is 0 Å². The van der Waals surface area contributed by atoms with E-state index in [9.17, 15) is 18.0 Å². The monoisotopic (exact) mass is 382 g/mol. The molecule has 26 heavy (non-hydrogen) atoms. The van der Waals surface area contributed by atoms with Crippen molar-refractivity contribution in [3.63, 3.8) is 0 Å². The average molecular weight is 382 g/mol. The second-order valence-electron chi connectivity index (χ2n) is 6.69. The maximum atomic E-state index is 12.3. The molecule has 0 saturated heterocycles. The molecule has 144 valence electrons. The van der Waals surface area contributed by atoms with E-state index in [4.69, 9.17) is 4.74 Å². The largest absolute Gasteiger partial charge is 0.456 e. The molecular formula is C18H26N2O5S. The lowest BCUT2D eigenvalue weighted by Gasteiger charge is -2.15. The first-order valence-electron chi connectivity index (χ1n) is 8.73. The Morgan fingerprint density at radius 2 is 1.85 bits per heavy atom. The molecule has 1 aliphatic carbocycles. The van der Waals surface area contributed by atoms with Gasteiger partial charge in [0.15, 0.2) is 6.61 Å². The lowest BCUT2D eigenvalue weighted by atomic mass is 10.1. The molecule has 0 atom stereocenters. The van der Waals surface area contributed by atoms with E-state index in [1.165, 1.54) is 20.2 Å². The predicted molar refractivity (Wildman–Crippen MR) is 96.7 cm³/mol. The Balaban J connectivity index is 1.85. The summed E-state index contributed by atoms with van der Waals surface area (Å²) in [6.07, 6.45) is 4.73. The Hall–Kier alpha value is -1.93. The molecule has 0 unspecified atom stereocenters. The first-order chi connectivity index (χ1) is 12.3. The average Bonchev–Trinajstić information content (AvgIpc) is 3.11. The Labute approximate surface area is 154 Å². The molecule has 1 amide bonds. The van der Waals surface area contributed by atoms with Crippen molar-refractivity contribution in [1.29, 1.82) is 0 Å². The van der Waals surface area contributed by atoms with Gasteiger partial charge in [-0.15, -0.1) is 0 Å². The van der Waals surface area contributed by atoms with Crippen LogP contribution in [0.1, 0.15) is 37.7 Å². The third kappa shape index (κ3) is 5.54. The van der Waals surface area contributed by atoms with Crippen LogP contribution in [-0.2, 0) is 30.9 Å². The minimum atomic E-state index is -3.60. The summed E-state index contributed by atoms with van der Waals surface area (Å²) in [4.78, 5) is 23.8. The topological polar surface area (TPSA) is 92.8 Å². The van der Waals surface area contributed by atoms with Gasteiger partial charge in [-0.3, -0.25) is 9.59 Å². The van der Waals surface area contributed by atoms with Crippen molar-refractivity contribution >= 4 is 21.9 Å². The Morgan fingerprint density at radius 3 is 2.50 bits per heavy atom. The third-order valence-electron chi connectivity index (χ3n) is 4.50. The number of hydrogen-bond acceptors (Lipinski definition) is 5. The number of nitrogens with one attached hydrogen (secondary N) is 1. The number of carbonyl (C=O) groups excluding carboxylic acids is 2. The molecule has 1 aromatic rings. The maximum absolute atomic E-state index is 12.3. The molecule has 0 bridgehead atoms. The van der Waals surface area contributed by atoms with Gasteiger partial charge < -0.3 is 10.1 Å². The zero-order valence-corrected chi connectivity index (χ0v) is 16.0. The first-order valence-corrected chi connectivity index (χ1v) is 10.2. The van der Waals surface area contributed by atoms with Gasteiger partial charge in [-0.2, -0.15) is 0 Å². The highest BCUT2D eigenvalue weighted by molar-refractivity contribution is 7.89. The lowest BCUT2D eigenvalue weighted by Crippen LogP contribution is -2.30. The second kappa shape index (κ2) is 9.14. The number of benzene rings is 1. The molecule has 1 saturated carbocycles. The number of nitrogens with zero attached hydrogens (tertiary/aromatic N) is 1. The lowest BCUT2D eigenvalue weighted by molar-refractivity contribution is -0.149. The van der Waals surface area contributed by atoms with Crippen molar-refractivity contribution in [1.82, 2.24) is 9.62 Å². The summed E-state index contributed by atoms with van der Waals surface area (Å²) in [5, 5.41) is 2.60. The van der Waals surface area contributed by atoms with E-state index in [1.54, 1.807) is 18.2 Å². The van der Waals surface area contributed by atoms with Gasteiger partial charge in [-0.25, -0.2) is 12.7 Å². The first kappa shape index (κ1) is 20.4. The smallest absolute Gasteiger partial charge is 0.306 e. The molecule has 1 aliphatic rings. The van der Waals surface area contributed by atoms with Crippen LogP contribution in [0.2, 0.25) is 0 Å². The Kier molecular flexibility index (Phi) is 7.16. The van der Waals surface area contributed by atoms with Crippen LogP contribution in [-0.4, -0.2) is 45.3 Å². The van der Waals surface area contributed by atoms with Crippen LogP contribution < -0.4 is 5.32 Å². The highest BCUT2D eigenvalue weighted by Crippen LogP contribution is 2.27. The van der Waals surface area contributed by atoms with E-state index in [2.05, 4.69) is 5.32 Å². The summed E-state index contributed by atoms with van der Waals surface area (Å²) in [7, 11) is -0.692. The number of rotatable bonds is 8. The SMILES string of the molecule is CN(C)S(=O)(=O)c1ccccc1CNC(=O)COC(=O)CC1CCCC1. The molecule has 2 rings (SSSR count). The van der Waals surface area contributed by atoms with Crippen molar-refractivity contribution in [3.8, 4) is 0 Å². The van der Waals surface area contributed by atoms with Crippen LogP contribution in [0.4, 0.5) is 0 Å². The van der Waals surface area contributed by atoms with Gasteiger partial charge in [0.05, 0.1) is 4.90 Å². The van der Waals surface area contributed by atoms with Gasteiger partial charge in [0.25, 0.3) is 5.91 Å². The van der Waals surface area contributed by atoms with Gasteiger partial charge in [-0.1, -0.05) is 31.0 Å². The summed E-state index contributed by atoms with van der Waals surface area (Å²) in [6, 6.07) is 6.48. The summed E-state index contributed by atoms with van der Waals surface area (Å²) < 4.78 is 30.8. The zero-order valence-electron chi connectivity index (χ0n) is 15.2. The molecule has 1 N–H and O–H groups in total. The summed E-state index contributed by atoms with van der Waals surface area (Å²) in [5.74, 6) is -0.446. The van der Waals surface area contributed by atoms with Crippen molar-refractivity contribution in [2.24, 2.45) is 5.92 Å². The molecule has 8 heteroatoms. The molecule has 0 aromatic heterocycles. The van der Waals surface area contributed by atoms with Crippen LogP contribution in [0.3, 0.4) is 0 Å². The van der Waals surface area contributed by atoms with Gasteiger partial charge in [0, 0.05) is 27.1 Å². The standard InChI is InChI=1S/C18H26N2O5S/c1-20(2)26(23,24)16-10-6-5-9-15(16)12-19-17(21)13-25-18(22)11-14-7-3-4-8-14/h5-6,9-10,14H,3-4,7-8,11-13H2,1-2H3,(H,19,21). The zero-order chi connectivity index (χ0) is 19.2. The van der Waals surface area contributed by atoms with E-state index in [0.717, 1.165) is 30.0 Å². The van der Waals surface area contributed by atoms with E-state index in [1.807, 2.05) is 0 Å². The van der Waals surface area contributed by atoms with E-state index < -0.39 is 15.9 Å². The fraction of sp³-hybridized carbons (Fsp3) is 0.556. The molecule has 0 aliphatic heterocycles. The Morgan fingerprint density at radius 1 is 1.19 bits per heavy atom. The van der Waals surface area contributed by atoms with Crippen LogP contribution in [0.5, 0.6) is 0 Å². The molecule has 1 fully saturated rings. The van der Waals surface area contributed by atoms with Gasteiger partial charge >= 0.3 is 5.97 Å². The summed E-state index contributed by atoms with van der Waals surface area (Å²) >= 11 is 0. The summed E-state index contributed by atoms with van der Waals surface area (Å²) in [5.41, 5.74) is 0.479. The van der Waals surface area contributed by atoms with Gasteiger partial charge in [0.1, 0.15) is 0 Å². The van der Waals surface area contributed by atoms with E-state index in [0.29, 0.717) is 17.9 Å². The fourth-order valence-corrected chi connectivity index (χ4v) is 4.11. The van der Waals surface area contributed by atoms with Crippen LogP contribution in [0.15, 0.2) is 29.2 Å². The molecule has 0 radical (unpaired) electrons. The quantitative estimate of drug-likeness (QED) is 0.691. The minimum Gasteiger partial charge on any atom is -0.456 e. The number of amides is 1. The molecule has 0 heterocycles. The van der Waals surface area contributed by atoms with E-state index >= 15 is 0 Å². The normalized spacial score (nSPS) is 15.2. The molecule has 0 spiro atoms. The highest BCUT2D eigenvalue weighted by Gasteiger charge is 2.22. The fourth-order valence-electron chi connectivity index (χ4n) is 3.00. The molecule has 7 nitrogen and oxygen atoms in total. The number of sulfonamides is 1. The Bertz CT molecular complexity index is 740. The van der Waals surface area contributed by atoms with Gasteiger partial charge in [-0.05, 0) is 30.4 Å². The number of esters is 1. The molecule has 1 aromatic carbocycles. The van der Waals surface area contributed by atoms with Crippen molar-refractivity contribution in [2.75, 3.05) is 20.7 Å². The summed E-state index contributed by atoms with van der Waals surface area (Å²) in [6.45, 7) is -0.309. The number of ether oxygens (including phenoxy) is 1. The van der Waals surface area contributed by atoms with Crippen molar-refractivity contribution in [3.05, 3.63) is 29.8 Å². The maximum Gasteiger partial charge on any atom is 0.306 e. The minimum absolute atomic E-state index is 0.0439.